The molecule has 1 N–H and O–H groups in total. The van der Waals surface area contributed by atoms with Crippen LogP contribution >= 0.6 is 0 Å². The minimum atomic E-state index is -0.996. The number of ketones is 2. The summed E-state index contributed by atoms with van der Waals surface area (Å²) in [6, 6.07) is 15.7. The molecule has 6 rings (SSSR count). The third-order valence-corrected chi connectivity index (χ3v) is 7.19. The summed E-state index contributed by atoms with van der Waals surface area (Å²) >= 11 is 0. The van der Waals surface area contributed by atoms with E-state index in [-0.39, 0.29) is 18.3 Å². The summed E-state index contributed by atoms with van der Waals surface area (Å²) in [6.07, 6.45) is 9.87. The lowest BCUT2D eigenvalue weighted by Gasteiger charge is -2.23. The Morgan fingerprint density at radius 3 is 2.51 bits per heavy atom. The molecule has 1 aliphatic heterocycles. The Kier molecular flexibility index (Phi) is 9.57. The van der Waals surface area contributed by atoms with Gasteiger partial charge in [-0.05, 0) is 92.4 Å². The molecular formula is C34H32FN5O5. The summed E-state index contributed by atoms with van der Waals surface area (Å²) in [5.74, 6) is -1.24. The van der Waals surface area contributed by atoms with Gasteiger partial charge in [-0.15, -0.1) is 0 Å². The number of aromatic nitrogens is 3. The van der Waals surface area contributed by atoms with Crippen molar-refractivity contribution in [3.8, 4) is 0 Å². The fourth-order valence-corrected chi connectivity index (χ4v) is 4.80. The summed E-state index contributed by atoms with van der Waals surface area (Å²) in [5.41, 5.74) is 4.08. The Labute approximate surface area is 259 Å². The van der Waals surface area contributed by atoms with Crippen LogP contribution in [-0.4, -0.2) is 50.6 Å². The molecule has 0 bridgehead atoms. The molecule has 1 aromatic carbocycles. The molecule has 2 aliphatic rings. The van der Waals surface area contributed by atoms with Crippen molar-refractivity contribution in [1.29, 1.82) is 0 Å². The molecule has 4 aromatic rings. The van der Waals surface area contributed by atoms with Gasteiger partial charge in [0.25, 0.3) is 5.91 Å². The summed E-state index contributed by atoms with van der Waals surface area (Å²) in [7, 11) is 0. The number of hydrogen-bond acceptors (Lipinski definition) is 8. The van der Waals surface area contributed by atoms with E-state index in [0.717, 1.165) is 41.2 Å². The minimum absolute atomic E-state index is 0.0888. The Bertz CT molecular complexity index is 1760. The SMILES string of the molecule is CCOC(=O)C(=O)CC(=O)/C=C/c1cccn1Cc1ccc(F)cc1.Cc1ccnc2c1NC(=O)c1cccnc1N2C1CC1. The smallest absolute Gasteiger partial charge is 0.375 e. The van der Waals surface area contributed by atoms with Gasteiger partial charge in [-0.25, -0.2) is 19.2 Å². The summed E-state index contributed by atoms with van der Waals surface area (Å²) in [4.78, 5) is 57.9. The van der Waals surface area contributed by atoms with Gasteiger partial charge in [0, 0.05) is 36.9 Å². The molecule has 0 saturated heterocycles. The van der Waals surface area contributed by atoms with Crippen LogP contribution in [0.15, 0.2) is 79.3 Å². The van der Waals surface area contributed by atoms with Gasteiger partial charge >= 0.3 is 5.97 Å². The van der Waals surface area contributed by atoms with Gasteiger partial charge in [0.2, 0.25) is 5.78 Å². The molecule has 1 amide bonds. The van der Waals surface area contributed by atoms with Gasteiger partial charge in [0.05, 0.1) is 24.3 Å². The Hall–Kier alpha value is -5.45. The maximum Gasteiger partial charge on any atom is 0.375 e. The van der Waals surface area contributed by atoms with Crippen LogP contribution in [-0.2, 0) is 25.7 Å². The van der Waals surface area contributed by atoms with Crippen molar-refractivity contribution in [2.24, 2.45) is 0 Å². The highest BCUT2D eigenvalue weighted by Crippen LogP contribution is 2.43. The maximum absolute atomic E-state index is 12.9. The van der Waals surface area contributed by atoms with Crippen molar-refractivity contribution >= 4 is 46.8 Å². The Balaban J connectivity index is 0.000000181. The molecule has 0 unspecified atom stereocenters. The molecule has 1 aliphatic carbocycles. The number of anilines is 3. The van der Waals surface area contributed by atoms with Crippen LogP contribution < -0.4 is 10.2 Å². The molecule has 4 heterocycles. The van der Waals surface area contributed by atoms with E-state index >= 15 is 0 Å². The second-order valence-corrected chi connectivity index (χ2v) is 10.6. The van der Waals surface area contributed by atoms with Crippen LogP contribution in [0.1, 0.15) is 53.4 Å². The molecule has 1 saturated carbocycles. The highest BCUT2D eigenvalue weighted by molar-refractivity contribution is 6.37. The van der Waals surface area contributed by atoms with Crippen molar-refractivity contribution in [2.45, 2.75) is 45.7 Å². The first-order valence-corrected chi connectivity index (χ1v) is 14.6. The van der Waals surface area contributed by atoms with E-state index in [0.29, 0.717) is 24.0 Å². The topological polar surface area (TPSA) is 123 Å². The molecule has 3 aromatic heterocycles. The van der Waals surface area contributed by atoms with Crippen molar-refractivity contribution in [1.82, 2.24) is 14.5 Å². The number of rotatable bonds is 9. The van der Waals surface area contributed by atoms with Gasteiger partial charge in [-0.1, -0.05) is 12.1 Å². The highest BCUT2D eigenvalue weighted by Gasteiger charge is 2.37. The zero-order chi connectivity index (χ0) is 31.9. The van der Waals surface area contributed by atoms with Crippen LogP contribution in [0.5, 0.6) is 0 Å². The zero-order valence-electron chi connectivity index (χ0n) is 24.9. The fraction of sp³-hybridized carbons (Fsp3) is 0.235. The van der Waals surface area contributed by atoms with E-state index in [9.17, 15) is 23.6 Å². The van der Waals surface area contributed by atoms with Gasteiger partial charge in [0.15, 0.2) is 11.6 Å². The Morgan fingerprint density at radius 1 is 1.02 bits per heavy atom. The predicted octanol–water partition coefficient (Wildman–Crippen LogP) is 5.43. The number of ether oxygens (including phenoxy) is 1. The fourth-order valence-electron chi connectivity index (χ4n) is 4.80. The lowest BCUT2D eigenvalue weighted by atomic mass is 10.2. The first-order chi connectivity index (χ1) is 21.7. The molecule has 1 fully saturated rings. The average molecular weight is 610 g/mol. The normalized spacial score (nSPS) is 13.6. The summed E-state index contributed by atoms with van der Waals surface area (Å²) in [6.45, 7) is 4.17. The Morgan fingerprint density at radius 2 is 1.78 bits per heavy atom. The minimum Gasteiger partial charge on any atom is -0.460 e. The number of benzene rings is 1. The number of esters is 1. The monoisotopic (exact) mass is 609 g/mol. The molecule has 0 atom stereocenters. The summed E-state index contributed by atoms with van der Waals surface area (Å²) < 4.78 is 19.4. The second-order valence-electron chi connectivity index (χ2n) is 10.6. The van der Waals surface area contributed by atoms with Crippen molar-refractivity contribution in [3.05, 3.63) is 107 Å². The first kappa shape index (κ1) is 31.0. The largest absolute Gasteiger partial charge is 0.460 e. The standard InChI is InChI=1S/C19H18FNO4.C15H14N4O/c1-2-25-19(24)18(23)12-17(22)10-9-16-4-3-11-21(16)13-14-5-7-15(20)8-6-14;1-9-6-8-17-14-12(9)18-15(20)11-3-2-7-16-13(11)19(14)10-4-5-10/h3-11H,2,12-13H2,1H3;2-3,6-8,10H,4-5H2,1H3,(H,18,20)/b10-9+;. The van der Waals surface area contributed by atoms with Crippen LogP contribution in [0, 0.1) is 12.7 Å². The van der Waals surface area contributed by atoms with Gasteiger partial charge < -0.3 is 19.5 Å². The molecule has 0 radical (unpaired) electrons. The molecule has 11 heteroatoms. The van der Waals surface area contributed by atoms with E-state index < -0.39 is 24.0 Å². The van der Waals surface area contributed by atoms with Crippen molar-refractivity contribution < 1.29 is 28.3 Å². The third-order valence-electron chi connectivity index (χ3n) is 7.19. The van der Waals surface area contributed by atoms with Gasteiger partial charge in [-0.3, -0.25) is 14.4 Å². The molecule has 230 valence electrons. The molecule has 45 heavy (non-hydrogen) atoms. The number of hydrogen-bond donors (Lipinski definition) is 1. The van der Waals surface area contributed by atoms with E-state index in [1.54, 1.807) is 49.7 Å². The molecular weight excluding hydrogens is 577 g/mol. The van der Waals surface area contributed by atoms with Crippen LogP contribution in [0.2, 0.25) is 0 Å². The number of halogens is 1. The van der Waals surface area contributed by atoms with E-state index in [2.05, 4.69) is 24.9 Å². The lowest BCUT2D eigenvalue weighted by Crippen LogP contribution is -2.22. The third kappa shape index (κ3) is 7.56. The second kappa shape index (κ2) is 13.9. The number of amides is 1. The van der Waals surface area contributed by atoms with Crippen molar-refractivity contribution in [3.63, 3.8) is 0 Å². The first-order valence-electron chi connectivity index (χ1n) is 14.6. The van der Waals surface area contributed by atoms with Crippen LogP contribution in [0.25, 0.3) is 6.08 Å². The number of Topliss-reactive ketones (excluding diaryl/α,β-unsaturated/α-hetero) is 1. The van der Waals surface area contributed by atoms with E-state index in [1.807, 2.05) is 35.9 Å². The number of fused-ring (bicyclic) bond motifs is 2. The number of aryl methyl sites for hydroxylation is 1. The zero-order valence-corrected chi connectivity index (χ0v) is 24.9. The lowest BCUT2D eigenvalue weighted by molar-refractivity contribution is -0.154. The quantitative estimate of drug-likeness (QED) is 0.115. The number of carbonyl (C=O) groups is 4. The number of nitrogens with one attached hydrogen (secondary N) is 1. The molecule has 0 spiro atoms. The van der Waals surface area contributed by atoms with Crippen LogP contribution in [0.3, 0.4) is 0 Å². The average Bonchev–Trinajstić information content (AvgIpc) is 3.79. The highest BCUT2D eigenvalue weighted by atomic mass is 19.1. The van der Waals surface area contributed by atoms with Gasteiger partial charge in [-0.2, -0.15) is 0 Å². The van der Waals surface area contributed by atoms with Gasteiger partial charge in [0.1, 0.15) is 11.6 Å². The van der Waals surface area contributed by atoms with E-state index in [1.165, 1.54) is 18.2 Å². The number of carbonyl (C=O) groups excluding carboxylic acids is 4. The number of nitrogens with zero attached hydrogens (tertiary/aromatic N) is 4. The van der Waals surface area contributed by atoms with Crippen LogP contribution in [0.4, 0.5) is 21.7 Å². The number of allylic oxidation sites excluding steroid dienone is 1. The predicted molar refractivity (Wildman–Crippen MR) is 167 cm³/mol. The summed E-state index contributed by atoms with van der Waals surface area (Å²) in [5, 5.41) is 2.98. The maximum atomic E-state index is 12.9. The van der Waals surface area contributed by atoms with E-state index in [4.69, 9.17) is 0 Å². The van der Waals surface area contributed by atoms with Crippen molar-refractivity contribution in [2.75, 3.05) is 16.8 Å². The molecule has 10 nitrogen and oxygen atoms in total. The number of pyridine rings is 2.